The van der Waals surface area contributed by atoms with Crippen LogP contribution in [-0.2, 0) is 9.68 Å². The summed E-state index contributed by atoms with van der Waals surface area (Å²) in [6.45, 7) is 1.27. The first kappa shape index (κ1) is 14.4. The molecule has 2 unspecified atom stereocenters. The number of hydrogen-bond acceptors (Lipinski definition) is 7. The van der Waals surface area contributed by atoms with Gasteiger partial charge >= 0.3 is 0 Å². The Labute approximate surface area is 91.2 Å². The van der Waals surface area contributed by atoms with E-state index in [2.05, 4.69) is 9.68 Å². The molecular weight excluding hydrogens is 224 g/mol. The zero-order chi connectivity index (χ0) is 12.6. The molecule has 9 heteroatoms. The molecular formula is C7H14N2O7. The van der Waals surface area contributed by atoms with Crippen LogP contribution in [0.2, 0.25) is 0 Å². The SMILES string of the molecule is CC(O[N+](=O)[O-])C(CCCCO)O[N+](=O)[O-]. The van der Waals surface area contributed by atoms with Crippen LogP contribution < -0.4 is 0 Å². The molecule has 16 heavy (non-hydrogen) atoms. The smallest absolute Gasteiger partial charge is 0.294 e. The maximum absolute atomic E-state index is 10.1. The van der Waals surface area contributed by atoms with Gasteiger partial charge < -0.3 is 14.8 Å². The third-order valence-corrected chi connectivity index (χ3v) is 1.89. The van der Waals surface area contributed by atoms with Gasteiger partial charge in [-0.05, 0) is 26.2 Å². The molecule has 0 aromatic heterocycles. The maximum Gasteiger partial charge on any atom is 0.294 e. The monoisotopic (exact) mass is 238 g/mol. The normalized spacial score (nSPS) is 13.9. The van der Waals surface area contributed by atoms with Gasteiger partial charge in [0.1, 0.15) is 12.2 Å². The first-order valence-electron chi connectivity index (χ1n) is 4.70. The molecule has 0 aliphatic heterocycles. The number of nitrogens with zero attached hydrogens (tertiary/aromatic N) is 2. The van der Waals surface area contributed by atoms with Gasteiger partial charge in [-0.2, -0.15) is 0 Å². The Bertz CT molecular complexity index is 235. The Balaban J connectivity index is 4.16. The van der Waals surface area contributed by atoms with E-state index >= 15 is 0 Å². The van der Waals surface area contributed by atoms with Crippen molar-refractivity contribution in [1.82, 2.24) is 0 Å². The van der Waals surface area contributed by atoms with Gasteiger partial charge in [0, 0.05) is 6.61 Å². The summed E-state index contributed by atoms with van der Waals surface area (Å²) < 4.78 is 0. The van der Waals surface area contributed by atoms with Crippen LogP contribution in [0.5, 0.6) is 0 Å². The average molecular weight is 238 g/mol. The second kappa shape index (κ2) is 7.63. The highest BCUT2D eigenvalue weighted by Crippen LogP contribution is 2.12. The minimum Gasteiger partial charge on any atom is -0.396 e. The summed E-state index contributed by atoms with van der Waals surface area (Å²) >= 11 is 0. The highest BCUT2D eigenvalue weighted by atomic mass is 17.0. The average Bonchev–Trinajstić information content (AvgIpc) is 2.14. The highest BCUT2D eigenvalue weighted by Gasteiger charge is 2.23. The largest absolute Gasteiger partial charge is 0.396 e. The van der Waals surface area contributed by atoms with Crippen molar-refractivity contribution in [1.29, 1.82) is 0 Å². The predicted molar refractivity (Wildman–Crippen MR) is 50.3 cm³/mol. The lowest BCUT2D eigenvalue weighted by Gasteiger charge is -2.19. The Morgan fingerprint density at radius 2 is 1.75 bits per heavy atom. The highest BCUT2D eigenvalue weighted by molar-refractivity contribution is 4.63. The van der Waals surface area contributed by atoms with Crippen LogP contribution in [-0.4, -0.2) is 34.1 Å². The second-order valence-corrected chi connectivity index (χ2v) is 3.12. The molecule has 9 nitrogen and oxygen atoms in total. The lowest BCUT2D eigenvalue weighted by molar-refractivity contribution is -0.798. The van der Waals surface area contributed by atoms with E-state index in [0.29, 0.717) is 12.8 Å². The summed E-state index contributed by atoms with van der Waals surface area (Å²) in [5, 5.41) is 26.7. The molecule has 0 heterocycles. The fraction of sp³-hybridized carbons (Fsp3) is 1.00. The topological polar surface area (TPSA) is 125 Å². The molecule has 1 N–H and O–H groups in total. The molecule has 0 saturated carbocycles. The van der Waals surface area contributed by atoms with Gasteiger partial charge in [-0.1, -0.05) is 0 Å². The van der Waals surface area contributed by atoms with Gasteiger partial charge in [-0.25, -0.2) is 0 Å². The minimum absolute atomic E-state index is 0.0460. The van der Waals surface area contributed by atoms with E-state index in [1.165, 1.54) is 6.92 Å². The first-order valence-corrected chi connectivity index (χ1v) is 4.70. The third kappa shape index (κ3) is 6.76. The Morgan fingerprint density at radius 3 is 2.19 bits per heavy atom. The molecule has 2 atom stereocenters. The van der Waals surface area contributed by atoms with Crippen molar-refractivity contribution in [3.63, 3.8) is 0 Å². The number of hydrogen-bond donors (Lipinski definition) is 1. The van der Waals surface area contributed by atoms with Crippen LogP contribution in [0.4, 0.5) is 0 Å². The minimum atomic E-state index is -1.03. The third-order valence-electron chi connectivity index (χ3n) is 1.89. The van der Waals surface area contributed by atoms with Crippen molar-refractivity contribution in [3.8, 4) is 0 Å². The number of unbranched alkanes of at least 4 members (excludes halogenated alkanes) is 1. The van der Waals surface area contributed by atoms with E-state index in [4.69, 9.17) is 5.11 Å². The van der Waals surface area contributed by atoms with E-state index in [0.717, 1.165) is 0 Å². The molecule has 0 aromatic rings. The molecule has 0 amide bonds. The van der Waals surface area contributed by atoms with Crippen molar-refractivity contribution >= 4 is 0 Å². The standard InChI is InChI=1S/C7H14N2O7/c1-6(15-8(11)12)7(16-9(13)14)4-2-3-5-10/h6-7,10H,2-5H2,1H3. The van der Waals surface area contributed by atoms with Crippen LogP contribution >= 0.6 is 0 Å². The summed E-state index contributed by atoms with van der Waals surface area (Å²) in [4.78, 5) is 28.6. The van der Waals surface area contributed by atoms with Crippen LogP contribution in [0.3, 0.4) is 0 Å². The van der Waals surface area contributed by atoms with Gasteiger partial charge in [0.05, 0.1) is 0 Å². The van der Waals surface area contributed by atoms with Crippen molar-refractivity contribution < 1.29 is 25.0 Å². The molecule has 0 aliphatic carbocycles. The predicted octanol–water partition coefficient (Wildman–Crippen LogP) is 0.323. The lowest BCUT2D eigenvalue weighted by atomic mass is 10.1. The first-order chi connectivity index (χ1) is 7.47. The molecule has 0 fully saturated rings. The fourth-order valence-electron chi connectivity index (χ4n) is 1.14. The summed E-state index contributed by atoms with van der Waals surface area (Å²) in [6.07, 6.45) is -0.925. The molecule has 94 valence electrons. The zero-order valence-corrected chi connectivity index (χ0v) is 8.77. The fourth-order valence-corrected chi connectivity index (χ4v) is 1.14. The zero-order valence-electron chi connectivity index (χ0n) is 8.77. The van der Waals surface area contributed by atoms with Gasteiger partial charge in [-0.15, -0.1) is 20.2 Å². The van der Waals surface area contributed by atoms with E-state index < -0.39 is 22.4 Å². The molecule has 0 aromatic carbocycles. The van der Waals surface area contributed by atoms with Crippen molar-refractivity contribution in [2.45, 2.75) is 38.4 Å². The van der Waals surface area contributed by atoms with Crippen LogP contribution in [0.15, 0.2) is 0 Å². The number of rotatable bonds is 9. The lowest BCUT2D eigenvalue weighted by Crippen LogP contribution is -2.32. The van der Waals surface area contributed by atoms with Crippen molar-refractivity contribution in [3.05, 3.63) is 20.2 Å². The number of aliphatic hydroxyl groups is 1. The van der Waals surface area contributed by atoms with Gasteiger partial charge in [0.2, 0.25) is 0 Å². The molecule has 0 aliphatic rings. The quantitative estimate of drug-likeness (QED) is 0.348. The van der Waals surface area contributed by atoms with Crippen molar-refractivity contribution in [2.24, 2.45) is 0 Å². The Kier molecular flexibility index (Phi) is 6.84. The van der Waals surface area contributed by atoms with Crippen LogP contribution in [0.1, 0.15) is 26.2 Å². The Hall–Kier alpha value is -1.64. The number of aliphatic hydroxyl groups excluding tert-OH is 1. The van der Waals surface area contributed by atoms with Gasteiger partial charge in [-0.3, -0.25) is 0 Å². The van der Waals surface area contributed by atoms with E-state index in [-0.39, 0.29) is 13.0 Å². The maximum atomic E-state index is 10.1. The van der Waals surface area contributed by atoms with E-state index in [1.54, 1.807) is 0 Å². The Morgan fingerprint density at radius 1 is 1.19 bits per heavy atom. The van der Waals surface area contributed by atoms with Crippen molar-refractivity contribution in [2.75, 3.05) is 6.61 Å². The summed E-state index contributed by atoms with van der Waals surface area (Å²) in [6, 6.07) is 0. The molecule has 0 bridgehead atoms. The molecule has 0 radical (unpaired) electrons. The van der Waals surface area contributed by atoms with Gasteiger partial charge in [0.25, 0.3) is 10.2 Å². The summed E-state index contributed by atoms with van der Waals surface area (Å²) in [5.74, 6) is 0. The second-order valence-electron chi connectivity index (χ2n) is 3.12. The molecule has 0 spiro atoms. The summed E-state index contributed by atoms with van der Waals surface area (Å²) in [5.41, 5.74) is 0. The van der Waals surface area contributed by atoms with Crippen LogP contribution in [0, 0.1) is 20.2 Å². The van der Waals surface area contributed by atoms with Crippen LogP contribution in [0.25, 0.3) is 0 Å². The molecule has 0 rings (SSSR count). The van der Waals surface area contributed by atoms with E-state index in [1.807, 2.05) is 0 Å². The van der Waals surface area contributed by atoms with E-state index in [9.17, 15) is 20.2 Å². The van der Waals surface area contributed by atoms with Gasteiger partial charge in [0.15, 0.2) is 0 Å². The summed E-state index contributed by atoms with van der Waals surface area (Å²) in [7, 11) is 0. The molecule has 0 saturated heterocycles.